The Labute approximate surface area is 115 Å². The van der Waals surface area contributed by atoms with Crippen molar-refractivity contribution in [1.29, 1.82) is 0 Å². The molecule has 3 N–H and O–H groups in total. The van der Waals surface area contributed by atoms with Gasteiger partial charge in [-0.25, -0.2) is 0 Å². The molecule has 2 fully saturated rings. The highest BCUT2D eigenvalue weighted by Gasteiger charge is 2.48. The maximum Gasteiger partial charge on any atom is 0.119 e. The Balaban J connectivity index is 0.00000120. The van der Waals surface area contributed by atoms with E-state index in [2.05, 4.69) is 23.9 Å². The molecule has 4 atom stereocenters. The molecule has 2 nitrogen and oxygen atoms in total. The molecule has 1 aromatic rings. The van der Waals surface area contributed by atoms with Crippen molar-refractivity contribution in [3.8, 4) is 5.75 Å². The van der Waals surface area contributed by atoms with E-state index in [1.54, 1.807) is 7.11 Å². The van der Waals surface area contributed by atoms with E-state index >= 15 is 0 Å². The molecule has 0 saturated heterocycles. The lowest BCUT2D eigenvalue weighted by Crippen LogP contribution is -3.00. The summed E-state index contributed by atoms with van der Waals surface area (Å²) >= 11 is 0. The molecule has 0 radical (unpaired) electrons. The Hall–Kier alpha value is -0.730. The van der Waals surface area contributed by atoms with Crippen LogP contribution in [0, 0.1) is 17.8 Å². The van der Waals surface area contributed by atoms with Gasteiger partial charge in [-0.05, 0) is 54.7 Å². The van der Waals surface area contributed by atoms with Crippen molar-refractivity contribution in [2.45, 2.75) is 25.2 Å². The third-order valence-electron chi connectivity index (χ3n) is 4.90. The van der Waals surface area contributed by atoms with Crippen LogP contribution in [-0.2, 0) is 0 Å². The monoisotopic (exact) mass is 267 g/mol. The van der Waals surface area contributed by atoms with Gasteiger partial charge in [-0.2, -0.15) is 0 Å². The molecule has 3 heteroatoms. The predicted molar refractivity (Wildman–Crippen MR) is 67.8 cm³/mol. The Morgan fingerprint density at radius 1 is 1.28 bits per heavy atom. The van der Waals surface area contributed by atoms with Crippen LogP contribution in [-0.4, -0.2) is 13.7 Å². The first-order chi connectivity index (χ1) is 8.33. The van der Waals surface area contributed by atoms with Gasteiger partial charge in [0.05, 0.1) is 13.7 Å². The highest BCUT2D eigenvalue weighted by atomic mass is 35.5. The number of methoxy groups -OCH3 is 1. The molecule has 0 spiro atoms. The average Bonchev–Trinajstić information content (AvgIpc) is 2.98. The van der Waals surface area contributed by atoms with Crippen LogP contribution in [0.15, 0.2) is 24.3 Å². The van der Waals surface area contributed by atoms with Gasteiger partial charge in [0.1, 0.15) is 5.75 Å². The second kappa shape index (κ2) is 5.50. The van der Waals surface area contributed by atoms with Crippen molar-refractivity contribution in [3.05, 3.63) is 29.8 Å². The lowest BCUT2D eigenvalue weighted by atomic mass is 9.75. The predicted octanol–water partition coefficient (Wildman–Crippen LogP) is -0.929. The summed E-state index contributed by atoms with van der Waals surface area (Å²) < 4.78 is 5.35. The van der Waals surface area contributed by atoms with Crippen molar-refractivity contribution in [1.82, 2.24) is 0 Å². The highest BCUT2D eigenvalue weighted by Crippen LogP contribution is 2.56. The van der Waals surface area contributed by atoms with Gasteiger partial charge in [0.15, 0.2) is 0 Å². The molecule has 3 rings (SSSR count). The second-order valence-corrected chi connectivity index (χ2v) is 5.59. The minimum atomic E-state index is 0. The van der Waals surface area contributed by atoms with Crippen molar-refractivity contribution >= 4 is 0 Å². The molecular weight excluding hydrogens is 246 g/mol. The summed E-state index contributed by atoms with van der Waals surface area (Å²) in [5.74, 6) is 4.38. The van der Waals surface area contributed by atoms with Gasteiger partial charge in [-0.3, -0.25) is 0 Å². The molecule has 0 heterocycles. The Morgan fingerprint density at radius 2 is 2.06 bits per heavy atom. The average molecular weight is 268 g/mol. The molecule has 1 aromatic carbocycles. The van der Waals surface area contributed by atoms with E-state index in [0.29, 0.717) is 0 Å². The zero-order valence-corrected chi connectivity index (χ0v) is 11.7. The zero-order valence-electron chi connectivity index (χ0n) is 10.9. The fraction of sp³-hybridized carbons (Fsp3) is 0.600. The van der Waals surface area contributed by atoms with Crippen LogP contribution in [0.5, 0.6) is 5.75 Å². The number of halogens is 1. The Bertz CT molecular complexity index is 409. The standard InChI is InChI=1S/C15H21NO.ClH/c1-17-13-4-2-3-11(8-13)15-12-6-5-10(7-12)14(15)9-16;/h2-4,8,10,12,14-15H,5-7,9,16H2,1H3;1H/t10-,12+,14-,15-;/m1./s1. The molecule has 2 aliphatic carbocycles. The van der Waals surface area contributed by atoms with E-state index in [-0.39, 0.29) is 12.4 Å². The van der Waals surface area contributed by atoms with Crippen LogP contribution >= 0.6 is 0 Å². The van der Waals surface area contributed by atoms with E-state index < -0.39 is 0 Å². The fourth-order valence-corrected chi connectivity index (χ4v) is 4.19. The van der Waals surface area contributed by atoms with E-state index in [1.165, 1.54) is 24.8 Å². The Kier molecular flexibility index (Phi) is 4.18. The van der Waals surface area contributed by atoms with Crippen molar-refractivity contribution in [3.63, 3.8) is 0 Å². The molecule has 0 aliphatic heterocycles. The van der Waals surface area contributed by atoms with Crippen LogP contribution in [0.1, 0.15) is 30.7 Å². The van der Waals surface area contributed by atoms with E-state index in [9.17, 15) is 0 Å². The van der Waals surface area contributed by atoms with Crippen LogP contribution < -0.4 is 22.9 Å². The summed E-state index contributed by atoms with van der Waals surface area (Å²) in [5.41, 5.74) is 5.65. The quantitative estimate of drug-likeness (QED) is 0.755. The molecule has 100 valence electrons. The number of quaternary nitrogens is 1. The van der Waals surface area contributed by atoms with Crippen LogP contribution in [0.4, 0.5) is 0 Å². The number of fused-ring (bicyclic) bond motifs is 2. The first kappa shape index (κ1) is 13.7. The topological polar surface area (TPSA) is 36.9 Å². The van der Waals surface area contributed by atoms with Crippen molar-refractivity contribution in [2.24, 2.45) is 17.8 Å². The minimum absolute atomic E-state index is 0. The van der Waals surface area contributed by atoms with Crippen molar-refractivity contribution in [2.75, 3.05) is 13.7 Å². The maximum absolute atomic E-state index is 5.35. The SMILES string of the molecule is COc1cccc([C@@H]2[C@H]3CC[C@H](C3)[C@H]2C[NH3+])c1.[Cl-]. The third-order valence-corrected chi connectivity index (χ3v) is 4.90. The largest absolute Gasteiger partial charge is 1.00 e. The number of ether oxygens (including phenoxy) is 1. The van der Waals surface area contributed by atoms with Gasteiger partial charge >= 0.3 is 0 Å². The number of rotatable bonds is 3. The van der Waals surface area contributed by atoms with Gasteiger partial charge in [-0.15, -0.1) is 0 Å². The van der Waals surface area contributed by atoms with Gasteiger partial charge in [-0.1, -0.05) is 12.1 Å². The zero-order chi connectivity index (χ0) is 11.8. The second-order valence-electron chi connectivity index (χ2n) is 5.59. The molecule has 0 amide bonds. The van der Waals surface area contributed by atoms with Gasteiger partial charge in [0, 0.05) is 5.92 Å². The lowest BCUT2D eigenvalue weighted by molar-refractivity contribution is -0.382. The van der Waals surface area contributed by atoms with Crippen LogP contribution in [0.3, 0.4) is 0 Å². The number of benzene rings is 1. The highest BCUT2D eigenvalue weighted by molar-refractivity contribution is 5.33. The number of hydrogen-bond acceptors (Lipinski definition) is 1. The normalized spacial score (nSPS) is 33.2. The smallest absolute Gasteiger partial charge is 0.119 e. The first-order valence-electron chi connectivity index (χ1n) is 6.76. The van der Waals surface area contributed by atoms with Crippen LogP contribution in [0.25, 0.3) is 0 Å². The molecular formula is C15H22ClNO. The molecule has 0 aromatic heterocycles. The Morgan fingerprint density at radius 3 is 2.78 bits per heavy atom. The number of hydrogen-bond donors (Lipinski definition) is 1. The summed E-state index contributed by atoms with van der Waals surface area (Å²) in [6.45, 7) is 1.09. The fourth-order valence-electron chi connectivity index (χ4n) is 4.19. The van der Waals surface area contributed by atoms with Gasteiger partial charge < -0.3 is 22.9 Å². The van der Waals surface area contributed by atoms with Gasteiger partial charge in [0.25, 0.3) is 0 Å². The lowest BCUT2D eigenvalue weighted by Gasteiger charge is -2.29. The van der Waals surface area contributed by atoms with E-state index in [0.717, 1.165) is 36.0 Å². The molecule has 2 saturated carbocycles. The summed E-state index contributed by atoms with van der Waals surface area (Å²) in [7, 11) is 1.75. The van der Waals surface area contributed by atoms with E-state index in [1.807, 2.05) is 6.07 Å². The van der Waals surface area contributed by atoms with Crippen molar-refractivity contribution < 1.29 is 22.9 Å². The summed E-state index contributed by atoms with van der Waals surface area (Å²) in [6.07, 6.45) is 4.29. The summed E-state index contributed by atoms with van der Waals surface area (Å²) in [4.78, 5) is 0. The van der Waals surface area contributed by atoms with Crippen LogP contribution in [0.2, 0.25) is 0 Å². The first-order valence-corrected chi connectivity index (χ1v) is 6.76. The maximum atomic E-state index is 5.35. The minimum Gasteiger partial charge on any atom is -1.00 e. The van der Waals surface area contributed by atoms with E-state index in [4.69, 9.17) is 4.74 Å². The molecule has 0 unspecified atom stereocenters. The molecule has 2 bridgehead atoms. The molecule has 2 aliphatic rings. The third kappa shape index (κ3) is 2.12. The summed E-state index contributed by atoms with van der Waals surface area (Å²) in [6, 6.07) is 8.67. The van der Waals surface area contributed by atoms with Gasteiger partial charge in [0.2, 0.25) is 0 Å². The molecule has 18 heavy (non-hydrogen) atoms. The summed E-state index contributed by atoms with van der Waals surface area (Å²) in [5, 5.41) is 0.